The molecule has 0 saturated heterocycles. The van der Waals surface area contributed by atoms with Crippen molar-refractivity contribution in [2.75, 3.05) is 0 Å². The molecule has 0 spiro atoms. The second-order valence-electron chi connectivity index (χ2n) is 2.55. The van der Waals surface area contributed by atoms with Crippen molar-refractivity contribution in [3.8, 4) is 0 Å². The predicted octanol–water partition coefficient (Wildman–Crippen LogP) is -0.114. The lowest BCUT2D eigenvalue weighted by Crippen LogP contribution is -2.13. The molecular formula is C7H10N4O2. The molecule has 1 heterocycles. The van der Waals surface area contributed by atoms with Crippen LogP contribution in [-0.2, 0) is 0 Å². The van der Waals surface area contributed by atoms with Crippen LogP contribution in [0.25, 0.3) is 0 Å². The van der Waals surface area contributed by atoms with E-state index in [1.54, 1.807) is 0 Å². The van der Waals surface area contributed by atoms with Gasteiger partial charge in [0.2, 0.25) is 17.4 Å². The Labute approximate surface area is 74.5 Å². The highest BCUT2D eigenvalue weighted by Crippen LogP contribution is 1.99. The van der Waals surface area contributed by atoms with Crippen molar-refractivity contribution in [1.29, 1.82) is 0 Å². The third kappa shape index (κ3) is 2.11. The van der Waals surface area contributed by atoms with Gasteiger partial charge in [-0.15, -0.1) is 5.10 Å². The second-order valence-corrected chi connectivity index (χ2v) is 2.55. The molecule has 0 atom stereocenters. The number of H-pyrrole nitrogens is 1. The highest BCUT2D eigenvalue weighted by Gasteiger charge is 2.13. The van der Waals surface area contributed by atoms with Crippen molar-refractivity contribution in [2.24, 2.45) is 5.73 Å². The van der Waals surface area contributed by atoms with Crippen LogP contribution in [0.3, 0.4) is 0 Å². The Morgan fingerprint density at radius 2 is 2.23 bits per heavy atom. The minimum atomic E-state index is -0.719. The number of hydrogen-bond acceptors (Lipinski definition) is 4. The predicted molar refractivity (Wildman–Crippen MR) is 44.1 cm³/mol. The Hall–Kier alpha value is -1.72. The van der Waals surface area contributed by atoms with Crippen LogP contribution in [0, 0.1) is 0 Å². The largest absolute Gasteiger partial charge is 0.363 e. The number of carbonyl (C=O) groups is 2. The molecule has 0 saturated carbocycles. The molecule has 1 aromatic rings. The van der Waals surface area contributed by atoms with Crippen LogP contribution in [-0.4, -0.2) is 26.9 Å². The van der Waals surface area contributed by atoms with Gasteiger partial charge in [0, 0.05) is 6.42 Å². The Morgan fingerprint density at radius 3 is 2.69 bits per heavy atom. The second kappa shape index (κ2) is 3.79. The molecule has 6 nitrogen and oxygen atoms in total. The van der Waals surface area contributed by atoms with E-state index < -0.39 is 5.91 Å². The Bertz CT molecular complexity index is 331. The molecule has 70 valence electrons. The smallest absolute Gasteiger partial charge is 0.286 e. The van der Waals surface area contributed by atoms with E-state index in [0.717, 1.165) is 6.42 Å². The lowest BCUT2D eigenvalue weighted by molar-refractivity contribution is 0.0972. The summed E-state index contributed by atoms with van der Waals surface area (Å²) < 4.78 is 0. The van der Waals surface area contributed by atoms with Gasteiger partial charge < -0.3 is 5.73 Å². The minimum absolute atomic E-state index is 0.0238. The topological polar surface area (TPSA) is 102 Å². The Balaban J connectivity index is 2.79. The van der Waals surface area contributed by atoms with E-state index in [4.69, 9.17) is 5.73 Å². The van der Waals surface area contributed by atoms with Crippen molar-refractivity contribution in [3.05, 3.63) is 11.6 Å². The Kier molecular flexibility index (Phi) is 2.73. The number of aromatic nitrogens is 3. The van der Waals surface area contributed by atoms with Crippen LogP contribution >= 0.6 is 0 Å². The monoisotopic (exact) mass is 182 g/mol. The first-order valence-corrected chi connectivity index (χ1v) is 3.90. The fraction of sp³-hybridized carbons (Fsp3) is 0.429. The number of amides is 1. The van der Waals surface area contributed by atoms with Crippen LogP contribution in [0.4, 0.5) is 0 Å². The molecule has 0 unspecified atom stereocenters. The standard InChI is InChI=1S/C7H10N4O2/c1-2-3-4(12)6-9-7(5(8)13)11-10-6/h2-3H2,1H3,(H2,8,13)(H,9,10,11). The van der Waals surface area contributed by atoms with E-state index in [9.17, 15) is 9.59 Å². The third-order valence-corrected chi connectivity index (χ3v) is 1.45. The van der Waals surface area contributed by atoms with Gasteiger partial charge in [-0.25, -0.2) is 0 Å². The molecule has 0 aliphatic carbocycles. The highest BCUT2D eigenvalue weighted by atomic mass is 16.1. The van der Waals surface area contributed by atoms with Gasteiger partial charge in [-0.3, -0.25) is 14.7 Å². The van der Waals surface area contributed by atoms with Gasteiger partial charge in [0.1, 0.15) is 0 Å². The van der Waals surface area contributed by atoms with Gasteiger partial charge in [0.25, 0.3) is 5.91 Å². The summed E-state index contributed by atoms with van der Waals surface area (Å²) in [5.74, 6) is -0.968. The fourth-order valence-corrected chi connectivity index (χ4v) is 0.836. The first kappa shape index (κ1) is 9.37. The molecule has 0 aromatic carbocycles. The summed E-state index contributed by atoms with van der Waals surface area (Å²) >= 11 is 0. The zero-order chi connectivity index (χ0) is 9.84. The molecule has 13 heavy (non-hydrogen) atoms. The van der Waals surface area contributed by atoms with Crippen molar-refractivity contribution >= 4 is 11.7 Å². The molecule has 0 radical (unpaired) electrons. The van der Waals surface area contributed by atoms with E-state index in [1.807, 2.05) is 6.92 Å². The number of nitrogens with zero attached hydrogens (tertiary/aromatic N) is 2. The van der Waals surface area contributed by atoms with Crippen molar-refractivity contribution in [1.82, 2.24) is 15.2 Å². The summed E-state index contributed by atoms with van der Waals surface area (Å²) in [6.45, 7) is 1.87. The summed E-state index contributed by atoms with van der Waals surface area (Å²) in [5.41, 5.74) is 4.92. The molecule has 0 fully saturated rings. The third-order valence-electron chi connectivity index (χ3n) is 1.45. The maximum absolute atomic E-state index is 11.2. The number of rotatable bonds is 4. The number of nitrogens with one attached hydrogen (secondary N) is 1. The molecule has 3 N–H and O–H groups in total. The van der Waals surface area contributed by atoms with Crippen molar-refractivity contribution < 1.29 is 9.59 Å². The number of hydrogen-bond donors (Lipinski definition) is 2. The van der Waals surface area contributed by atoms with E-state index in [-0.39, 0.29) is 17.4 Å². The maximum atomic E-state index is 11.2. The number of aromatic amines is 1. The summed E-state index contributed by atoms with van der Waals surface area (Å²) in [7, 11) is 0. The first-order valence-electron chi connectivity index (χ1n) is 3.90. The molecule has 6 heteroatoms. The molecule has 0 bridgehead atoms. The lowest BCUT2D eigenvalue weighted by atomic mass is 10.2. The van der Waals surface area contributed by atoms with E-state index >= 15 is 0 Å². The van der Waals surface area contributed by atoms with Crippen LogP contribution in [0.5, 0.6) is 0 Å². The fourth-order valence-electron chi connectivity index (χ4n) is 0.836. The van der Waals surface area contributed by atoms with Crippen LogP contribution in [0.15, 0.2) is 0 Å². The number of carbonyl (C=O) groups excluding carboxylic acids is 2. The maximum Gasteiger partial charge on any atom is 0.286 e. The molecule has 1 amide bonds. The van der Waals surface area contributed by atoms with Crippen molar-refractivity contribution in [3.63, 3.8) is 0 Å². The first-order chi connectivity index (χ1) is 6.15. The van der Waals surface area contributed by atoms with Gasteiger partial charge in [-0.05, 0) is 6.42 Å². The summed E-state index contributed by atoms with van der Waals surface area (Å²) in [6, 6.07) is 0. The number of primary amides is 1. The average molecular weight is 182 g/mol. The van der Waals surface area contributed by atoms with Gasteiger partial charge in [0.05, 0.1) is 0 Å². The summed E-state index contributed by atoms with van der Waals surface area (Å²) in [4.78, 5) is 25.4. The van der Waals surface area contributed by atoms with E-state index in [0.29, 0.717) is 6.42 Å². The molecule has 1 rings (SSSR count). The average Bonchev–Trinajstić information content (AvgIpc) is 2.52. The quantitative estimate of drug-likeness (QED) is 0.634. The van der Waals surface area contributed by atoms with Crippen LogP contribution in [0.1, 0.15) is 41.0 Å². The minimum Gasteiger partial charge on any atom is -0.363 e. The van der Waals surface area contributed by atoms with Gasteiger partial charge >= 0.3 is 0 Å². The molecule has 0 aliphatic heterocycles. The number of Topliss-reactive ketones (excluding diaryl/α,β-unsaturated/α-hetero) is 1. The molecule has 1 aromatic heterocycles. The summed E-state index contributed by atoms with van der Waals surface area (Å²) in [5, 5.41) is 5.86. The van der Waals surface area contributed by atoms with Gasteiger partial charge in [-0.1, -0.05) is 6.92 Å². The van der Waals surface area contributed by atoms with Crippen molar-refractivity contribution in [2.45, 2.75) is 19.8 Å². The number of nitrogens with two attached hydrogens (primary N) is 1. The SMILES string of the molecule is CCCC(=O)c1n[nH]c(C(N)=O)n1. The zero-order valence-electron chi connectivity index (χ0n) is 7.20. The van der Waals surface area contributed by atoms with E-state index in [1.165, 1.54) is 0 Å². The zero-order valence-corrected chi connectivity index (χ0v) is 7.20. The van der Waals surface area contributed by atoms with E-state index in [2.05, 4.69) is 15.2 Å². The van der Waals surface area contributed by atoms with Gasteiger partial charge in [-0.2, -0.15) is 4.98 Å². The molecule has 0 aliphatic rings. The normalized spacial score (nSPS) is 9.92. The highest BCUT2D eigenvalue weighted by molar-refractivity contribution is 5.94. The Morgan fingerprint density at radius 1 is 1.54 bits per heavy atom. The molecular weight excluding hydrogens is 172 g/mol. The van der Waals surface area contributed by atoms with Crippen LogP contribution < -0.4 is 5.73 Å². The lowest BCUT2D eigenvalue weighted by Gasteiger charge is -1.88. The number of ketones is 1. The van der Waals surface area contributed by atoms with Crippen LogP contribution in [0.2, 0.25) is 0 Å². The summed E-state index contributed by atoms with van der Waals surface area (Å²) in [6.07, 6.45) is 1.09. The van der Waals surface area contributed by atoms with Gasteiger partial charge in [0.15, 0.2) is 0 Å².